The number of aromatic nitrogens is 1. The average molecular weight is 501 g/mol. The number of benzene rings is 2. The van der Waals surface area contributed by atoms with Crippen molar-refractivity contribution in [1.82, 2.24) is 10.3 Å². The highest BCUT2D eigenvalue weighted by molar-refractivity contribution is 5.85. The largest absolute Gasteiger partial charge is 0.507 e. The van der Waals surface area contributed by atoms with Crippen LogP contribution in [0.3, 0.4) is 0 Å². The van der Waals surface area contributed by atoms with Crippen LogP contribution in [-0.2, 0) is 23.8 Å². The fraction of sp³-hybridized carbons (Fsp3) is 0.483. The quantitative estimate of drug-likeness (QED) is 0.304. The Bertz CT molecular complexity index is 1040. The Kier molecular flexibility index (Phi) is 9.82. The lowest BCUT2D eigenvalue weighted by atomic mass is 9.78. The van der Waals surface area contributed by atoms with Crippen molar-refractivity contribution in [3.63, 3.8) is 0 Å². The van der Waals surface area contributed by atoms with E-state index in [1.54, 1.807) is 6.26 Å². The lowest BCUT2D eigenvalue weighted by Crippen LogP contribution is -2.17. The molecule has 35 heavy (non-hydrogen) atoms. The summed E-state index contributed by atoms with van der Waals surface area (Å²) in [7, 11) is 0. The van der Waals surface area contributed by atoms with Gasteiger partial charge in [0.25, 0.3) is 0 Å². The molecule has 2 N–H and O–H groups in total. The highest BCUT2D eigenvalue weighted by atomic mass is 35.5. The Morgan fingerprint density at radius 1 is 0.971 bits per heavy atom. The van der Waals surface area contributed by atoms with E-state index >= 15 is 0 Å². The number of phenolic OH excluding ortho intramolecular Hbond substituents is 1. The minimum absolute atomic E-state index is 0. The first-order valence-corrected chi connectivity index (χ1v) is 12.2. The minimum atomic E-state index is -0.203. The summed E-state index contributed by atoms with van der Waals surface area (Å²) in [6.45, 7) is 17.2. The van der Waals surface area contributed by atoms with E-state index < -0.39 is 0 Å². The van der Waals surface area contributed by atoms with Crippen molar-refractivity contribution in [3.05, 3.63) is 65.0 Å². The van der Waals surface area contributed by atoms with E-state index in [1.807, 2.05) is 24.3 Å². The van der Waals surface area contributed by atoms with Gasteiger partial charge < -0.3 is 19.6 Å². The summed E-state index contributed by atoms with van der Waals surface area (Å²) in [6.07, 6.45) is 3.48. The second-order valence-corrected chi connectivity index (χ2v) is 11.0. The van der Waals surface area contributed by atoms with Crippen LogP contribution in [0.15, 0.2) is 47.1 Å². The van der Waals surface area contributed by atoms with Gasteiger partial charge in [-0.15, -0.1) is 12.4 Å². The van der Waals surface area contributed by atoms with Crippen LogP contribution >= 0.6 is 12.4 Å². The number of aromatic hydroxyl groups is 1. The number of nitrogens with zero attached hydrogens (tertiary/aromatic N) is 1. The van der Waals surface area contributed by atoms with Crippen LogP contribution in [0.4, 0.5) is 0 Å². The molecule has 1 aromatic heterocycles. The standard InChI is InChI=1S/C29H40N2O3.ClH/c1-8-14-30-18-20-9-11-23(12-10-20)33-15-13-22-19-34-27(31-22)21-16-24(28(2,3)4)26(32)25(17-21)29(5,6)7;/h9-12,16-17,19,30,32H,8,13-15,18H2,1-7H3;1H. The molecule has 3 rings (SSSR count). The Labute approximate surface area is 216 Å². The molecule has 0 aliphatic carbocycles. The topological polar surface area (TPSA) is 67.5 Å². The van der Waals surface area contributed by atoms with Gasteiger partial charge in [-0.3, -0.25) is 0 Å². The molecule has 0 unspecified atom stereocenters. The Morgan fingerprint density at radius 3 is 2.11 bits per heavy atom. The first kappa shape index (κ1) is 28.7. The predicted octanol–water partition coefficient (Wildman–Crippen LogP) is 7.19. The van der Waals surface area contributed by atoms with Crippen molar-refractivity contribution in [1.29, 1.82) is 0 Å². The normalized spacial score (nSPS) is 11.9. The summed E-state index contributed by atoms with van der Waals surface area (Å²) < 4.78 is 11.7. The van der Waals surface area contributed by atoms with E-state index in [1.165, 1.54) is 5.56 Å². The molecule has 6 heteroatoms. The molecular formula is C29H41ClN2O3. The van der Waals surface area contributed by atoms with E-state index in [2.05, 4.69) is 65.9 Å². The van der Waals surface area contributed by atoms with Crippen LogP contribution in [0.1, 0.15) is 77.3 Å². The van der Waals surface area contributed by atoms with Crippen molar-refractivity contribution >= 4 is 12.4 Å². The molecule has 0 bridgehead atoms. The smallest absolute Gasteiger partial charge is 0.226 e. The number of phenols is 1. The molecule has 0 saturated carbocycles. The third-order valence-corrected chi connectivity index (χ3v) is 5.83. The molecule has 5 nitrogen and oxygen atoms in total. The summed E-state index contributed by atoms with van der Waals surface area (Å²) in [5.41, 5.74) is 4.36. The molecule has 1 heterocycles. The van der Waals surface area contributed by atoms with Crippen LogP contribution in [-0.4, -0.2) is 23.2 Å². The number of halogens is 1. The Hall–Kier alpha value is -2.50. The highest BCUT2D eigenvalue weighted by Gasteiger charge is 2.27. The zero-order chi connectivity index (χ0) is 24.9. The number of oxazole rings is 1. The number of hydrogen-bond donors (Lipinski definition) is 2. The summed E-state index contributed by atoms with van der Waals surface area (Å²) in [5, 5.41) is 14.4. The van der Waals surface area contributed by atoms with Gasteiger partial charge in [0.15, 0.2) is 0 Å². The second-order valence-electron chi connectivity index (χ2n) is 11.0. The van der Waals surface area contributed by atoms with Gasteiger partial charge in [0.1, 0.15) is 17.8 Å². The molecule has 0 aliphatic rings. The third kappa shape index (κ3) is 7.74. The molecule has 0 aliphatic heterocycles. The van der Waals surface area contributed by atoms with Gasteiger partial charge in [-0.1, -0.05) is 60.6 Å². The fourth-order valence-corrected chi connectivity index (χ4v) is 3.84. The molecular weight excluding hydrogens is 460 g/mol. The Morgan fingerprint density at radius 2 is 1.57 bits per heavy atom. The van der Waals surface area contributed by atoms with Crippen molar-refractivity contribution in [2.75, 3.05) is 13.2 Å². The molecule has 0 fully saturated rings. The SMILES string of the molecule is CCCNCc1ccc(OCCc2coc(-c3cc(C(C)(C)C)c(O)c(C(C)(C)C)c3)n2)cc1.Cl. The van der Waals surface area contributed by atoms with Crippen LogP contribution in [0.5, 0.6) is 11.5 Å². The lowest BCUT2D eigenvalue weighted by Gasteiger charge is -2.27. The first-order chi connectivity index (χ1) is 16.0. The summed E-state index contributed by atoms with van der Waals surface area (Å²) in [6, 6.07) is 12.2. The monoisotopic (exact) mass is 500 g/mol. The van der Waals surface area contributed by atoms with Gasteiger partial charge >= 0.3 is 0 Å². The molecule has 3 aromatic rings. The van der Waals surface area contributed by atoms with Gasteiger partial charge in [-0.25, -0.2) is 4.98 Å². The van der Waals surface area contributed by atoms with Crippen molar-refractivity contribution in [2.45, 2.75) is 78.7 Å². The summed E-state index contributed by atoms with van der Waals surface area (Å²) >= 11 is 0. The first-order valence-electron chi connectivity index (χ1n) is 12.2. The van der Waals surface area contributed by atoms with Crippen LogP contribution in [0, 0.1) is 0 Å². The van der Waals surface area contributed by atoms with E-state index in [0.717, 1.165) is 47.6 Å². The zero-order valence-corrected chi connectivity index (χ0v) is 23.0. The van der Waals surface area contributed by atoms with E-state index in [-0.39, 0.29) is 23.2 Å². The zero-order valence-electron chi connectivity index (χ0n) is 22.2. The number of nitrogens with one attached hydrogen (secondary N) is 1. The van der Waals surface area contributed by atoms with Gasteiger partial charge in [0, 0.05) is 29.7 Å². The van der Waals surface area contributed by atoms with Crippen molar-refractivity contribution in [2.24, 2.45) is 0 Å². The maximum Gasteiger partial charge on any atom is 0.226 e. The number of ether oxygens (including phenoxy) is 1. The molecule has 0 atom stereocenters. The lowest BCUT2D eigenvalue weighted by molar-refractivity contribution is 0.320. The maximum atomic E-state index is 11.0. The third-order valence-electron chi connectivity index (χ3n) is 5.83. The van der Waals surface area contributed by atoms with Crippen LogP contribution < -0.4 is 10.1 Å². The molecule has 0 radical (unpaired) electrons. The van der Waals surface area contributed by atoms with E-state index in [0.29, 0.717) is 24.7 Å². The number of hydrogen-bond acceptors (Lipinski definition) is 5. The maximum absolute atomic E-state index is 11.0. The van der Waals surface area contributed by atoms with E-state index in [4.69, 9.17) is 14.1 Å². The second kappa shape index (κ2) is 12.0. The van der Waals surface area contributed by atoms with Gasteiger partial charge in [0.05, 0.1) is 12.3 Å². The summed E-state index contributed by atoms with van der Waals surface area (Å²) in [5.74, 6) is 1.78. The van der Waals surface area contributed by atoms with Gasteiger partial charge in [-0.05, 0) is 53.6 Å². The number of rotatable bonds is 9. The molecule has 2 aromatic carbocycles. The average Bonchev–Trinajstić information content (AvgIpc) is 3.22. The summed E-state index contributed by atoms with van der Waals surface area (Å²) in [4.78, 5) is 4.71. The Balaban J connectivity index is 0.00000432. The molecule has 0 spiro atoms. The van der Waals surface area contributed by atoms with Gasteiger partial charge in [-0.2, -0.15) is 0 Å². The highest BCUT2D eigenvalue weighted by Crippen LogP contribution is 2.41. The molecule has 192 valence electrons. The van der Waals surface area contributed by atoms with E-state index in [9.17, 15) is 5.11 Å². The van der Waals surface area contributed by atoms with Crippen LogP contribution in [0.25, 0.3) is 11.5 Å². The minimum Gasteiger partial charge on any atom is -0.507 e. The van der Waals surface area contributed by atoms with Crippen molar-refractivity contribution in [3.8, 4) is 23.0 Å². The molecule has 0 amide bonds. The van der Waals surface area contributed by atoms with Crippen LogP contribution in [0.2, 0.25) is 0 Å². The fourth-order valence-electron chi connectivity index (χ4n) is 3.84. The van der Waals surface area contributed by atoms with Gasteiger partial charge in [0.2, 0.25) is 5.89 Å². The molecule has 0 saturated heterocycles. The van der Waals surface area contributed by atoms with Crippen molar-refractivity contribution < 1.29 is 14.3 Å². The predicted molar refractivity (Wildman–Crippen MR) is 146 cm³/mol.